The number of alkyl halides is 3. The van der Waals surface area contributed by atoms with Gasteiger partial charge in [0, 0.05) is 12.1 Å². The monoisotopic (exact) mass is 421 g/mol. The zero-order chi connectivity index (χ0) is 21.2. The van der Waals surface area contributed by atoms with E-state index in [0.717, 1.165) is 29.0 Å². The van der Waals surface area contributed by atoms with Crippen molar-refractivity contribution in [1.82, 2.24) is 5.32 Å². The third kappa shape index (κ3) is 5.17. The number of aryl methyl sites for hydroxylation is 2. The first-order valence-corrected chi connectivity index (χ1v) is 9.61. The molecule has 1 fully saturated rings. The number of aliphatic imine (C=N–C) groups is 1. The van der Waals surface area contributed by atoms with Crippen LogP contribution in [0.1, 0.15) is 23.1 Å². The minimum absolute atomic E-state index is 0.0382. The van der Waals surface area contributed by atoms with Gasteiger partial charge >= 0.3 is 6.18 Å². The molecule has 0 bridgehead atoms. The van der Waals surface area contributed by atoms with E-state index in [2.05, 4.69) is 15.6 Å². The first kappa shape index (κ1) is 20.9. The summed E-state index contributed by atoms with van der Waals surface area (Å²) in [6.07, 6.45) is -4.68. The molecule has 0 aromatic heterocycles. The van der Waals surface area contributed by atoms with E-state index in [1.807, 2.05) is 32.0 Å². The number of halogens is 3. The van der Waals surface area contributed by atoms with Crippen molar-refractivity contribution in [3.63, 3.8) is 0 Å². The Morgan fingerprint density at radius 2 is 1.93 bits per heavy atom. The SMILES string of the molecule is Cc1ccc(C)c(NC(=O)C[C@@H]2SC(=Nc3ccccc3C(F)(F)F)NC2=O)c1. The molecule has 0 saturated carbocycles. The first-order chi connectivity index (χ1) is 13.6. The summed E-state index contributed by atoms with van der Waals surface area (Å²) in [6.45, 7) is 3.76. The maximum atomic E-state index is 13.1. The highest BCUT2D eigenvalue weighted by molar-refractivity contribution is 8.15. The number of hydrogen-bond donors (Lipinski definition) is 2. The van der Waals surface area contributed by atoms with Gasteiger partial charge in [-0.25, -0.2) is 4.99 Å². The van der Waals surface area contributed by atoms with E-state index in [4.69, 9.17) is 0 Å². The Balaban J connectivity index is 1.70. The van der Waals surface area contributed by atoms with E-state index in [0.29, 0.717) is 5.69 Å². The highest BCUT2D eigenvalue weighted by atomic mass is 32.2. The standard InChI is InChI=1S/C20H18F3N3O2S/c1-11-7-8-12(2)15(9-11)24-17(27)10-16-18(28)26-19(29-16)25-14-6-4-3-5-13(14)20(21,22)23/h3-9,16H,10H2,1-2H3,(H,24,27)(H,25,26,28)/t16-/m0/s1. The molecular formula is C20H18F3N3O2S. The highest BCUT2D eigenvalue weighted by Crippen LogP contribution is 2.37. The summed E-state index contributed by atoms with van der Waals surface area (Å²) in [4.78, 5) is 28.4. The van der Waals surface area contributed by atoms with Crippen molar-refractivity contribution in [3.05, 3.63) is 59.2 Å². The molecule has 0 spiro atoms. The Morgan fingerprint density at radius 1 is 1.21 bits per heavy atom. The smallest absolute Gasteiger partial charge is 0.326 e. The molecular weight excluding hydrogens is 403 g/mol. The lowest BCUT2D eigenvalue weighted by Crippen LogP contribution is -2.28. The Bertz CT molecular complexity index is 989. The van der Waals surface area contributed by atoms with Crippen LogP contribution < -0.4 is 10.6 Å². The van der Waals surface area contributed by atoms with E-state index in [1.165, 1.54) is 18.2 Å². The number of rotatable bonds is 4. The molecule has 2 amide bonds. The number of anilines is 1. The minimum Gasteiger partial charge on any atom is -0.326 e. The summed E-state index contributed by atoms with van der Waals surface area (Å²) >= 11 is 0.940. The number of nitrogens with one attached hydrogen (secondary N) is 2. The molecule has 2 aromatic rings. The van der Waals surface area contributed by atoms with Gasteiger partial charge in [-0.05, 0) is 43.2 Å². The molecule has 1 atom stereocenters. The predicted octanol–water partition coefficient (Wildman–Crippen LogP) is 4.57. The summed E-state index contributed by atoms with van der Waals surface area (Å²) in [5.41, 5.74) is 1.35. The highest BCUT2D eigenvalue weighted by Gasteiger charge is 2.35. The number of hydrogen-bond acceptors (Lipinski definition) is 4. The van der Waals surface area contributed by atoms with Crippen LogP contribution in [-0.2, 0) is 15.8 Å². The number of benzene rings is 2. The lowest BCUT2D eigenvalue weighted by molar-refractivity contribution is -0.137. The average Bonchev–Trinajstić information content (AvgIpc) is 2.96. The van der Waals surface area contributed by atoms with E-state index < -0.39 is 22.9 Å². The van der Waals surface area contributed by atoms with Crippen molar-refractivity contribution in [2.75, 3.05) is 5.32 Å². The fraction of sp³-hybridized carbons (Fsp3) is 0.250. The van der Waals surface area contributed by atoms with Crippen molar-refractivity contribution in [2.45, 2.75) is 31.7 Å². The van der Waals surface area contributed by atoms with E-state index in [9.17, 15) is 22.8 Å². The summed E-state index contributed by atoms with van der Waals surface area (Å²) in [5, 5.41) is 4.49. The predicted molar refractivity (Wildman–Crippen MR) is 107 cm³/mol. The zero-order valence-electron chi connectivity index (χ0n) is 15.6. The lowest BCUT2D eigenvalue weighted by Gasteiger charge is -2.10. The van der Waals surface area contributed by atoms with Crippen LogP contribution in [0, 0.1) is 13.8 Å². The van der Waals surface area contributed by atoms with Crippen LogP contribution >= 0.6 is 11.8 Å². The number of nitrogens with zero attached hydrogens (tertiary/aromatic N) is 1. The third-order valence-electron chi connectivity index (χ3n) is 4.25. The number of carbonyl (C=O) groups is 2. The molecule has 0 radical (unpaired) electrons. The largest absolute Gasteiger partial charge is 0.418 e. The van der Waals surface area contributed by atoms with Gasteiger partial charge in [-0.1, -0.05) is 36.0 Å². The molecule has 1 aliphatic rings. The molecule has 9 heteroatoms. The second-order valence-corrected chi connectivity index (χ2v) is 7.79. The van der Waals surface area contributed by atoms with Crippen molar-refractivity contribution in [3.8, 4) is 0 Å². The zero-order valence-corrected chi connectivity index (χ0v) is 16.4. The first-order valence-electron chi connectivity index (χ1n) is 8.73. The van der Waals surface area contributed by atoms with Crippen molar-refractivity contribution < 1.29 is 22.8 Å². The number of para-hydroxylation sites is 1. The Labute approximate surface area is 169 Å². The lowest BCUT2D eigenvalue weighted by atomic mass is 10.1. The number of thioether (sulfide) groups is 1. The summed E-state index contributed by atoms with van der Waals surface area (Å²) in [7, 11) is 0. The van der Waals surface area contributed by atoms with Gasteiger partial charge in [-0.3, -0.25) is 9.59 Å². The van der Waals surface area contributed by atoms with E-state index in [1.54, 1.807) is 0 Å². The normalized spacial score (nSPS) is 18.0. The quantitative estimate of drug-likeness (QED) is 0.760. The van der Waals surface area contributed by atoms with Gasteiger partial charge in [0.25, 0.3) is 0 Å². The summed E-state index contributed by atoms with van der Waals surface area (Å²) in [5.74, 6) is -0.822. The molecule has 2 N–H and O–H groups in total. The summed E-state index contributed by atoms with van der Waals surface area (Å²) in [6, 6.07) is 10.5. The van der Waals surface area contributed by atoms with Crippen LogP contribution in [0.4, 0.5) is 24.5 Å². The molecule has 1 heterocycles. The maximum Gasteiger partial charge on any atom is 0.418 e. The second-order valence-electron chi connectivity index (χ2n) is 6.60. The molecule has 3 rings (SSSR count). The van der Waals surface area contributed by atoms with Crippen molar-refractivity contribution in [2.24, 2.45) is 4.99 Å². The number of amides is 2. The van der Waals surface area contributed by atoms with Crippen LogP contribution in [0.3, 0.4) is 0 Å². The number of amidine groups is 1. The Morgan fingerprint density at radius 3 is 2.66 bits per heavy atom. The van der Waals surface area contributed by atoms with E-state index in [-0.39, 0.29) is 23.2 Å². The van der Waals surface area contributed by atoms with Gasteiger partial charge in [-0.15, -0.1) is 0 Å². The van der Waals surface area contributed by atoms with Gasteiger partial charge < -0.3 is 10.6 Å². The van der Waals surface area contributed by atoms with Crippen LogP contribution in [0.25, 0.3) is 0 Å². The molecule has 1 saturated heterocycles. The molecule has 152 valence electrons. The van der Waals surface area contributed by atoms with Gasteiger partial charge in [0.2, 0.25) is 11.8 Å². The van der Waals surface area contributed by atoms with Crippen molar-refractivity contribution in [1.29, 1.82) is 0 Å². The topological polar surface area (TPSA) is 70.6 Å². The Kier molecular flexibility index (Phi) is 5.97. The van der Waals surface area contributed by atoms with Crippen LogP contribution in [0.15, 0.2) is 47.5 Å². The fourth-order valence-electron chi connectivity index (χ4n) is 2.75. The molecule has 5 nitrogen and oxygen atoms in total. The van der Waals surface area contributed by atoms with Gasteiger partial charge in [0.05, 0.1) is 11.3 Å². The van der Waals surface area contributed by atoms with Crippen LogP contribution in [0.2, 0.25) is 0 Å². The second kappa shape index (κ2) is 8.28. The molecule has 0 unspecified atom stereocenters. The number of carbonyl (C=O) groups excluding carboxylic acids is 2. The summed E-state index contributed by atoms with van der Waals surface area (Å²) < 4.78 is 39.3. The fourth-order valence-corrected chi connectivity index (χ4v) is 3.73. The minimum atomic E-state index is -4.56. The van der Waals surface area contributed by atoms with Gasteiger partial charge in [0.1, 0.15) is 5.25 Å². The van der Waals surface area contributed by atoms with Gasteiger partial charge in [-0.2, -0.15) is 13.2 Å². The maximum absolute atomic E-state index is 13.1. The molecule has 0 aliphatic carbocycles. The third-order valence-corrected chi connectivity index (χ3v) is 5.33. The molecule has 2 aromatic carbocycles. The van der Waals surface area contributed by atoms with E-state index >= 15 is 0 Å². The average molecular weight is 421 g/mol. The molecule has 1 aliphatic heterocycles. The van der Waals surface area contributed by atoms with Crippen molar-refractivity contribution >= 4 is 40.1 Å². The molecule has 29 heavy (non-hydrogen) atoms. The van der Waals surface area contributed by atoms with Crippen LogP contribution in [-0.4, -0.2) is 22.2 Å². The van der Waals surface area contributed by atoms with Gasteiger partial charge in [0.15, 0.2) is 5.17 Å². The van der Waals surface area contributed by atoms with Crippen LogP contribution in [0.5, 0.6) is 0 Å². The Hall–Kier alpha value is -2.81.